The number of nitrogens with zero attached hydrogens (tertiary/aromatic N) is 4. The fraction of sp³-hybridized carbons (Fsp3) is 0.333. The van der Waals surface area contributed by atoms with Crippen molar-refractivity contribution >= 4 is 34.3 Å². The van der Waals surface area contributed by atoms with Crippen LogP contribution in [0.1, 0.15) is 43.2 Å². The SMILES string of the molecule is CC(=O)Nc1cccc(C2CCN(CCCNc3nc4ccccc4n3Cc3ccc([N+](=O)[O-])cc3)CC2)c1. The van der Waals surface area contributed by atoms with Crippen LogP contribution in [0, 0.1) is 10.1 Å². The molecule has 0 saturated carbocycles. The van der Waals surface area contributed by atoms with Crippen molar-refractivity contribution in [1.29, 1.82) is 0 Å². The van der Waals surface area contributed by atoms with Crippen molar-refractivity contribution < 1.29 is 9.72 Å². The van der Waals surface area contributed by atoms with Gasteiger partial charge in [-0.15, -0.1) is 0 Å². The zero-order chi connectivity index (χ0) is 27.2. The summed E-state index contributed by atoms with van der Waals surface area (Å²) in [7, 11) is 0. The Kier molecular flexibility index (Phi) is 8.17. The monoisotopic (exact) mass is 526 g/mol. The first-order valence-electron chi connectivity index (χ1n) is 13.5. The topological polar surface area (TPSA) is 105 Å². The van der Waals surface area contributed by atoms with Crippen LogP contribution in [0.5, 0.6) is 0 Å². The number of nitro groups is 1. The molecule has 1 aliphatic rings. The van der Waals surface area contributed by atoms with Gasteiger partial charge in [0.2, 0.25) is 11.9 Å². The lowest BCUT2D eigenvalue weighted by Crippen LogP contribution is -2.34. The number of piperidine rings is 1. The van der Waals surface area contributed by atoms with Crippen LogP contribution in [0.25, 0.3) is 11.0 Å². The van der Waals surface area contributed by atoms with Crippen LogP contribution in [0.3, 0.4) is 0 Å². The van der Waals surface area contributed by atoms with Crippen LogP contribution in [-0.4, -0.2) is 51.5 Å². The summed E-state index contributed by atoms with van der Waals surface area (Å²) in [6.45, 7) is 6.07. The molecular formula is C30H34N6O3. The summed E-state index contributed by atoms with van der Waals surface area (Å²) in [5, 5.41) is 17.4. The number of nitro benzene ring substituents is 1. The summed E-state index contributed by atoms with van der Waals surface area (Å²) >= 11 is 0. The number of anilines is 2. The van der Waals surface area contributed by atoms with E-state index in [2.05, 4.69) is 38.3 Å². The van der Waals surface area contributed by atoms with Gasteiger partial charge in [-0.05, 0) is 80.2 Å². The van der Waals surface area contributed by atoms with Crippen LogP contribution in [-0.2, 0) is 11.3 Å². The summed E-state index contributed by atoms with van der Waals surface area (Å²) in [5.74, 6) is 1.29. The van der Waals surface area contributed by atoms with Crippen molar-refractivity contribution in [2.45, 2.75) is 38.6 Å². The molecule has 1 aliphatic heterocycles. The summed E-state index contributed by atoms with van der Waals surface area (Å²) in [6, 6.07) is 23.0. The van der Waals surface area contributed by atoms with Gasteiger partial charge in [0, 0.05) is 31.3 Å². The Hall–Kier alpha value is -4.24. The molecule has 1 fully saturated rings. The first kappa shape index (κ1) is 26.4. The molecule has 0 aliphatic carbocycles. The van der Waals surface area contributed by atoms with Gasteiger partial charge in [-0.2, -0.15) is 0 Å². The maximum Gasteiger partial charge on any atom is 0.269 e. The van der Waals surface area contributed by atoms with E-state index in [1.807, 2.05) is 30.3 Å². The number of rotatable bonds is 10. The van der Waals surface area contributed by atoms with Gasteiger partial charge >= 0.3 is 0 Å². The predicted molar refractivity (Wildman–Crippen MR) is 154 cm³/mol. The highest BCUT2D eigenvalue weighted by atomic mass is 16.6. The van der Waals surface area contributed by atoms with Crippen molar-refractivity contribution in [3.63, 3.8) is 0 Å². The van der Waals surface area contributed by atoms with Crippen LogP contribution >= 0.6 is 0 Å². The van der Waals surface area contributed by atoms with Crippen molar-refractivity contribution in [2.75, 3.05) is 36.8 Å². The molecule has 39 heavy (non-hydrogen) atoms. The molecule has 0 radical (unpaired) electrons. The largest absolute Gasteiger partial charge is 0.356 e. The molecule has 9 heteroatoms. The third-order valence-corrected chi connectivity index (χ3v) is 7.34. The smallest absolute Gasteiger partial charge is 0.269 e. The van der Waals surface area contributed by atoms with E-state index in [1.165, 1.54) is 12.5 Å². The standard InChI is InChI=1S/C30H34N6O3/c1-22(37)32-26-7-4-6-25(20-26)24-14-18-34(19-15-24)17-5-16-31-30-33-28-8-2-3-9-29(28)35(30)21-23-10-12-27(13-11-23)36(38)39/h2-4,6-13,20,24H,5,14-19,21H2,1H3,(H,31,33)(H,32,37). The fourth-order valence-electron chi connectivity index (χ4n) is 5.34. The van der Waals surface area contributed by atoms with Gasteiger partial charge in [0.1, 0.15) is 0 Å². The van der Waals surface area contributed by atoms with Gasteiger partial charge in [0.05, 0.1) is 22.5 Å². The van der Waals surface area contributed by atoms with Gasteiger partial charge in [-0.3, -0.25) is 14.9 Å². The van der Waals surface area contributed by atoms with E-state index in [0.29, 0.717) is 12.5 Å². The number of nitrogens with one attached hydrogen (secondary N) is 2. The van der Waals surface area contributed by atoms with E-state index in [1.54, 1.807) is 24.3 Å². The third kappa shape index (κ3) is 6.61. The molecular weight excluding hydrogens is 492 g/mol. The minimum Gasteiger partial charge on any atom is -0.356 e. The normalized spacial score (nSPS) is 14.4. The minimum atomic E-state index is -0.377. The Labute approximate surface area is 228 Å². The Bertz CT molecular complexity index is 1440. The molecule has 202 valence electrons. The first-order valence-corrected chi connectivity index (χ1v) is 13.5. The number of hydrogen-bond acceptors (Lipinski definition) is 6. The first-order chi connectivity index (χ1) is 19.0. The number of benzene rings is 3. The Morgan fingerprint density at radius 3 is 2.56 bits per heavy atom. The number of aromatic nitrogens is 2. The number of non-ortho nitro benzene ring substituents is 1. The zero-order valence-corrected chi connectivity index (χ0v) is 22.2. The maximum absolute atomic E-state index is 11.4. The number of carbonyl (C=O) groups is 1. The highest BCUT2D eigenvalue weighted by Crippen LogP contribution is 2.29. The number of hydrogen-bond donors (Lipinski definition) is 2. The summed E-state index contributed by atoms with van der Waals surface area (Å²) in [6.07, 6.45) is 3.23. The zero-order valence-electron chi connectivity index (χ0n) is 22.2. The Balaban J connectivity index is 1.14. The second-order valence-electron chi connectivity index (χ2n) is 10.1. The molecule has 0 unspecified atom stereocenters. The van der Waals surface area contributed by atoms with Crippen molar-refractivity contribution in [2.24, 2.45) is 0 Å². The lowest BCUT2D eigenvalue weighted by molar-refractivity contribution is -0.384. The molecule has 2 heterocycles. The molecule has 4 aromatic rings. The van der Waals surface area contributed by atoms with Gasteiger partial charge < -0.3 is 20.1 Å². The second-order valence-corrected chi connectivity index (χ2v) is 10.1. The maximum atomic E-state index is 11.4. The molecule has 1 amide bonds. The van der Waals surface area contributed by atoms with E-state index in [0.717, 1.165) is 73.7 Å². The van der Waals surface area contributed by atoms with Crippen LogP contribution in [0.4, 0.5) is 17.3 Å². The van der Waals surface area contributed by atoms with E-state index in [9.17, 15) is 14.9 Å². The van der Waals surface area contributed by atoms with Crippen LogP contribution in [0.15, 0.2) is 72.8 Å². The lowest BCUT2D eigenvalue weighted by atomic mass is 9.89. The van der Waals surface area contributed by atoms with Gasteiger partial charge in [-0.25, -0.2) is 4.98 Å². The molecule has 3 aromatic carbocycles. The number of imidazole rings is 1. The molecule has 0 spiro atoms. The van der Waals surface area contributed by atoms with Gasteiger partial charge in [-0.1, -0.05) is 36.4 Å². The number of likely N-dealkylation sites (tertiary alicyclic amines) is 1. The van der Waals surface area contributed by atoms with Crippen molar-refractivity contribution in [3.05, 3.63) is 94.0 Å². The number of amides is 1. The number of para-hydroxylation sites is 2. The number of carbonyl (C=O) groups excluding carboxylic acids is 1. The number of fused-ring (bicyclic) bond motifs is 1. The lowest BCUT2D eigenvalue weighted by Gasteiger charge is -2.32. The molecule has 9 nitrogen and oxygen atoms in total. The quantitative estimate of drug-likeness (QED) is 0.158. The highest BCUT2D eigenvalue weighted by Gasteiger charge is 2.21. The van der Waals surface area contributed by atoms with Crippen molar-refractivity contribution in [3.8, 4) is 0 Å². The molecule has 0 bridgehead atoms. The predicted octanol–water partition coefficient (Wildman–Crippen LogP) is 5.63. The average molecular weight is 527 g/mol. The van der Waals surface area contributed by atoms with E-state index in [4.69, 9.17) is 4.98 Å². The summed E-state index contributed by atoms with van der Waals surface area (Å²) < 4.78 is 2.14. The van der Waals surface area contributed by atoms with Crippen LogP contribution < -0.4 is 10.6 Å². The fourth-order valence-corrected chi connectivity index (χ4v) is 5.34. The second kappa shape index (κ2) is 12.1. The van der Waals surface area contributed by atoms with E-state index in [-0.39, 0.29) is 16.5 Å². The Morgan fingerprint density at radius 1 is 1.05 bits per heavy atom. The van der Waals surface area contributed by atoms with Gasteiger partial charge in [0.15, 0.2) is 0 Å². The van der Waals surface area contributed by atoms with Crippen LogP contribution in [0.2, 0.25) is 0 Å². The third-order valence-electron chi connectivity index (χ3n) is 7.34. The Morgan fingerprint density at radius 2 is 1.82 bits per heavy atom. The average Bonchev–Trinajstić information content (AvgIpc) is 3.28. The molecule has 5 rings (SSSR count). The highest BCUT2D eigenvalue weighted by molar-refractivity contribution is 5.88. The molecule has 0 atom stereocenters. The molecule has 2 N–H and O–H groups in total. The van der Waals surface area contributed by atoms with E-state index < -0.39 is 0 Å². The van der Waals surface area contributed by atoms with E-state index >= 15 is 0 Å². The summed E-state index contributed by atoms with van der Waals surface area (Å²) in [4.78, 5) is 29.4. The summed E-state index contributed by atoms with van der Waals surface area (Å²) in [5.41, 5.74) is 5.20. The van der Waals surface area contributed by atoms with Crippen molar-refractivity contribution in [1.82, 2.24) is 14.5 Å². The molecule has 1 saturated heterocycles. The minimum absolute atomic E-state index is 0.0440. The molecule has 1 aromatic heterocycles. The van der Waals surface area contributed by atoms with Gasteiger partial charge in [0.25, 0.3) is 5.69 Å².